The average Bonchev–Trinajstić information content (AvgIpc) is 3.08. The van der Waals surface area contributed by atoms with Crippen molar-refractivity contribution in [2.45, 2.75) is 32.4 Å². The van der Waals surface area contributed by atoms with Gasteiger partial charge in [-0.15, -0.1) is 11.3 Å². The Hall–Kier alpha value is -2.51. The summed E-state index contributed by atoms with van der Waals surface area (Å²) in [4.78, 5) is 16.6. The third-order valence-corrected chi connectivity index (χ3v) is 6.77. The highest BCUT2D eigenvalue weighted by atomic mass is 32.2. The smallest absolute Gasteiger partial charge is 0.239 e. The largest absolute Gasteiger partial charge is 0.325 e. The molecule has 0 aliphatic carbocycles. The van der Waals surface area contributed by atoms with Gasteiger partial charge in [-0.25, -0.2) is 13.4 Å². The molecule has 29 heavy (non-hydrogen) atoms. The van der Waals surface area contributed by atoms with Gasteiger partial charge in [0.25, 0.3) is 0 Å². The molecular formula is C22H24N2O3S2. The number of hydrogen-bond acceptors (Lipinski definition) is 5. The molecule has 152 valence electrons. The molecule has 0 radical (unpaired) electrons. The van der Waals surface area contributed by atoms with Gasteiger partial charge >= 0.3 is 0 Å². The van der Waals surface area contributed by atoms with Crippen molar-refractivity contribution in [1.29, 1.82) is 0 Å². The number of nitrogens with one attached hydrogen (secondary N) is 1. The van der Waals surface area contributed by atoms with Crippen molar-refractivity contribution < 1.29 is 13.2 Å². The Morgan fingerprint density at radius 2 is 1.86 bits per heavy atom. The highest BCUT2D eigenvalue weighted by molar-refractivity contribution is 7.91. The Bertz CT molecular complexity index is 1100. The van der Waals surface area contributed by atoms with Crippen LogP contribution in [0, 0.1) is 6.92 Å². The zero-order valence-corrected chi connectivity index (χ0v) is 18.3. The summed E-state index contributed by atoms with van der Waals surface area (Å²) in [6.45, 7) is 6.18. The molecule has 0 aliphatic rings. The van der Waals surface area contributed by atoms with Crippen molar-refractivity contribution >= 4 is 32.8 Å². The average molecular weight is 429 g/mol. The van der Waals surface area contributed by atoms with Gasteiger partial charge in [0.2, 0.25) is 5.91 Å². The Kier molecular flexibility index (Phi) is 6.49. The van der Waals surface area contributed by atoms with E-state index < -0.39 is 21.5 Å². The van der Waals surface area contributed by atoms with Crippen LogP contribution in [0.1, 0.15) is 36.6 Å². The molecule has 0 fully saturated rings. The summed E-state index contributed by atoms with van der Waals surface area (Å²) < 4.78 is 24.9. The van der Waals surface area contributed by atoms with Crippen molar-refractivity contribution in [1.82, 2.24) is 4.98 Å². The van der Waals surface area contributed by atoms with E-state index in [1.54, 1.807) is 17.5 Å². The number of aryl methyl sites for hydroxylation is 1. The van der Waals surface area contributed by atoms with E-state index in [1.165, 1.54) is 16.9 Å². The van der Waals surface area contributed by atoms with Gasteiger partial charge in [0.05, 0.1) is 11.4 Å². The van der Waals surface area contributed by atoms with Crippen molar-refractivity contribution in [2.75, 3.05) is 11.1 Å². The van der Waals surface area contributed by atoms with Gasteiger partial charge in [-0.1, -0.05) is 50.2 Å². The predicted molar refractivity (Wildman–Crippen MR) is 119 cm³/mol. The van der Waals surface area contributed by atoms with Gasteiger partial charge in [0.15, 0.2) is 9.84 Å². The first kappa shape index (κ1) is 21.2. The van der Waals surface area contributed by atoms with Crippen LogP contribution in [0.15, 0.2) is 53.9 Å². The number of hydrogen-bond donors (Lipinski definition) is 1. The number of benzene rings is 2. The number of nitrogens with zero attached hydrogens (tertiary/aromatic N) is 1. The Morgan fingerprint density at radius 1 is 1.14 bits per heavy atom. The van der Waals surface area contributed by atoms with Crippen LogP contribution < -0.4 is 5.32 Å². The molecule has 7 heteroatoms. The molecule has 1 N–H and O–H groups in total. The maximum atomic E-state index is 12.4. The molecule has 0 atom stereocenters. The van der Waals surface area contributed by atoms with Crippen LogP contribution in [0.25, 0.3) is 10.6 Å². The number of thiazole rings is 1. The summed E-state index contributed by atoms with van der Waals surface area (Å²) in [5, 5.41) is 5.14. The molecule has 1 heterocycles. The van der Waals surface area contributed by atoms with E-state index in [-0.39, 0.29) is 5.75 Å². The monoisotopic (exact) mass is 428 g/mol. The van der Waals surface area contributed by atoms with E-state index in [0.29, 0.717) is 17.3 Å². The number of amides is 1. The standard InChI is InChI=1S/C22H24N2O3S2/c1-15(2)17-7-9-18(10-8-17)22-24-20(12-28-22)13-29(26,27)14-21(25)23-19-6-4-5-16(3)11-19/h4-12,15H,13-14H2,1-3H3,(H,23,25). The van der Waals surface area contributed by atoms with Crippen molar-refractivity contribution in [3.8, 4) is 10.6 Å². The maximum absolute atomic E-state index is 12.4. The zero-order chi connectivity index (χ0) is 21.0. The first-order chi connectivity index (χ1) is 13.7. The zero-order valence-electron chi connectivity index (χ0n) is 16.7. The van der Waals surface area contributed by atoms with Crippen LogP contribution in [-0.4, -0.2) is 25.1 Å². The summed E-state index contributed by atoms with van der Waals surface area (Å²) in [6.07, 6.45) is 0. The first-order valence-corrected chi connectivity index (χ1v) is 12.0. The van der Waals surface area contributed by atoms with E-state index in [9.17, 15) is 13.2 Å². The number of carbonyl (C=O) groups excluding carboxylic acids is 1. The first-order valence-electron chi connectivity index (χ1n) is 9.33. The molecule has 2 aromatic carbocycles. The molecule has 3 rings (SSSR count). The van der Waals surface area contributed by atoms with Gasteiger partial charge in [-0.05, 0) is 36.1 Å². The summed E-state index contributed by atoms with van der Waals surface area (Å²) in [6, 6.07) is 15.4. The number of carbonyl (C=O) groups is 1. The molecular weight excluding hydrogens is 404 g/mol. The number of aromatic nitrogens is 1. The minimum Gasteiger partial charge on any atom is -0.325 e. The second-order valence-corrected chi connectivity index (χ2v) is 10.3. The molecule has 0 aliphatic heterocycles. The molecule has 1 amide bonds. The topological polar surface area (TPSA) is 76.1 Å². The quantitative estimate of drug-likeness (QED) is 0.587. The summed E-state index contributed by atoms with van der Waals surface area (Å²) >= 11 is 1.40. The minimum atomic E-state index is -3.62. The fourth-order valence-corrected chi connectivity index (χ4v) is 5.02. The van der Waals surface area contributed by atoms with Crippen LogP contribution in [-0.2, 0) is 20.4 Å². The molecule has 0 saturated heterocycles. The molecule has 0 saturated carbocycles. The van der Waals surface area contributed by atoms with E-state index in [4.69, 9.17) is 0 Å². The predicted octanol–water partition coefficient (Wildman–Crippen LogP) is 4.80. The Balaban J connectivity index is 1.64. The van der Waals surface area contributed by atoms with Gasteiger partial charge in [0.1, 0.15) is 10.8 Å². The van der Waals surface area contributed by atoms with Crippen LogP contribution >= 0.6 is 11.3 Å². The second kappa shape index (κ2) is 8.88. The third-order valence-electron chi connectivity index (χ3n) is 4.40. The molecule has 0 spiro atoms. The fourth-order valence-electron chi connectivity index (χ4n) is 2.91. The van der Waals surface area contributed by atoms with E-state index >= 15 is 0 Å². The van der Waals surface area contributed by atoms with Crippen LogP contribution in [0.5, 0.6) is 0 Å². The SMILES string of the molecule is Cc1cccc(NC(=O)CS(=O)(=O)Cc2csc(-c3ccc(C(C)C)cc3)n2)c1. The fraction of sp³-hybridized carbons (Fsp3) is 0.273. The van der Waals surface area contributed by atoms with Crippen LogP contribution in [0.3, 0.4) is 0 Å². The second-order valence-electron chi connectivity index (χ2n) is 7.37. The molecule has 3 aromatic rings. The summed E-state index contributed by atoms with van der Waals surface area (Å²) in [5.74, 6) is -0.923. The molecule has 5 nitrogen and oxygen atoms in total. The van der Waals surface area contributed by atoms with Gasteiger partial charge in [0, 0.05) is 16.6 Å². The molecule has 1 aromatic heterocycles. The van der Waals surface area contributed by atoms with Gasteiger partial charge < -0.3 is 5.32 Å². The van der Waals surface area contributed by atoms with Crippen molar-refractivity contribution in [3.05, 3.63) is 70.7 Å². The van der Waals surface area contributed by atoms with E-state index in [1.807, 2.05) is 31.2 Å². The highest BCUT2D eigenvalue weighted by Gasteiger charge is 2.19. The highest BCUT2D eigenvalue weighted by Crippen LogP contribution is 2.26. The summed E-state index contributed by atoms with van der Waals surface area (Å²) in [5.41, 5.74) is 4.24. The Labute approximate surface area is 175 Å². The number of sulfone groups is 1. The molecule has 0 bridgehead atoms. The van der Waals surface area contributed by atoms with Crippen molar-refractivity contribution in [3.63, 3.8) is 0 Å². The lowest BCUT2D eigenvalue weighted by Gasteiger charge is -2.06. The lowest BCUT2D eigenvalue weighted by atomic mass is 10.0. The van der Waals surface area contributed by atoms with Gasteiger partial charge in [-0.3, -0.25) is 4.79 Å². The normalized spacial score (nSPS) is 11.6. The van der Waals surface area contributed by atoms with Crippen molar-refractivity contribution in [2.24, 2.45) is 0 Å². The maximum Gasteiger partial charge on any atom is 0.239 e. The van der Waals surface area contributed by atoms with E-state index in [0.717, 1.165) is 16.1 Å². The lowest BCUT2D eigenvalue weighted by Crippen LogP contribution is -2.24. The van der Waals surface area contributed by atoms with Crippen LogP contribution in [0.2, 0.25) is 0 Å². The van der Waals surface area contributed by atoms with Crippen LogP contribution in [0.4, 0.5) is 5.69 Å². The van der Waals surface area contributed by atoms with Gasteiger partial charge in [-0.2, -0.15) is 0 Å². The Morgan fingerprint density at radius 3 is 2.52 bits per heavy atom. The third kappa shape index (κ3) is 5.98. The number of rotatable bonds is 7. The lowest BCUT2D eigenvalue weighted by molar-refractivity contribution is -0.113. The minimum absolute atomic E-state index is 0.255. The number of anilines is 1. The molecule has 0 unspecified atom stereocenters. The summed E-state index contributed by atoms with van der Waals surface area (Å²) in [7, 11) is -3.62. The van der Waals surface area contributed by atoms with E-state index in [2.05, 4.69) is 36.3 Å².